The van der Waals surface area contributed by atoms with Crippen molar-refractivity contribution in [1.82, 2.24) is 4.98 Å². The molecule has 1 heterocycles. The van der Waals surface area contributed by atoms with Crippen LogP contribution in [0, 0.1) is 11.3 Å². The van der Waals surface area contributed by atoms with E-state index in [1.807, 2.05) is 36.6 Å². The predicted octanol–water partition coefficient (Wildman–Crippen LogP) is 3.86. The number of anilines is 2. The number of hydrogen-bond acceptors (Lipinski definition) is 6. The topological polar surface area (TPSA) is 75.0 Å². The number of pyridine rings is 1. The van der Waals surface area contributed by atoms with Crippen LogP contribution in [0.3, 0.4) is 0 Å². The number of carbonyl (C=O) groups is 1. The molecule has 0 aliphatic carbocycles. The summed E-state index contributed by atoms with van der Waals surface area (Å²) >= 11 is 7.50. The first-order valence-corrected chi connectivity index (χ1v) is 7.79. The summed E-state index contributed by atoms with van der Waals surface area (Å²) in [5.74, 6) is -0.460. The number of benzene rings is 1. The average Bonchev–Trinajstić information content (AvgIpc) is 2.53. The molecule has 1 N–H and O–H groups in total. The number of methoxy groups -OCH3 is 1. The molecule has 0 atom stereocenters. The van der Waals surface area contributed by atoms with E-state index in [2.05, 4.69) is 10.3 Å². The Labute approximate surface area is 137 Å². The van der Waals surface area contributed by atoms with Gasteiger partial charge in [0.2, 0.25) is 0 Å². The predicted molar refractivity (Wildman–Crippen MR) is 86.8 cm³/mol. The molecule has 2 aromatic rings. The van der Waals surface area contributed by atoms with E-state index in [1.165, 1.54) is 13.2 Å². The highest BCUT2D eigenvalue weighted by molar-refractivity contribution is 7.98. The maximum absolute atomic E-state index is 11.9. The number of ether oxygens (including phenoxy) is 1. The summed E-state index contributed by atoms with van der Waals surface area (Å²) in [6.45, 7) is 0. The van der Waals surface area contributed by atoms with Crippen LogP contribution in [0.2, 0.25) is 5.15 Å². The van der Waals surface area contributed by atoms with Gasteiger partial charge >= 0.3 is 5.97 Å². The second-order valence-electron chi connectivity index (χ2n) is 4.18. The highest BCUT2D eigenvalue weighted by atomic mass is 35.5. The fourth-order valence-corrected chi connectivity index (χ4v) is 2.49. The zero-order valence-corrected chi connectivity index (χ0v) is 13.5. The largest absolute Gasteiger partial charge is 0.465 e. The number of aromatic nitrogens is 1. The molecule has 22 heavy (non-hydrogen) atoms. The van der Waals surface area contributed by atoms with Gasteiger partial charge in [-0.2, -0.15) is 5.26 Å². The van der Waals surface area contributed by atoms with Crippen molar-refractivity contribution in [2.45, 2.75) is 4.90 Å². The minimum Gasteiger partial charge on any atom is -0.465 e. The Morgan fingerprint density at radius 1 is 1.45 bits per heavy atom. The first-order chi connectivity index (χ1) is 10.6. The maximum atomic E-state index is 11.9. The van der Waals surface area contributed by atoms with Crippen molar-refractivity contribution < 1.29 is 9.53 Å². The molecule has 0 fully saturated rings. The van der Waals surface area contributed by atoms with Crippen LogP contribution in [0.15, 0.2) is 35.2 Å². The van der Waals surface area contributed by atoms with Crippen molar-refractivity contribution in [2.75, 3.05) is 18.7 Å². The van der Waals surface area contributed by atoms with Gasteiger partial charge in [0.05, 0.1) is 12.7 Å². The molecule has 0 aliphatic heterocycles. The summed E-state index contributed by atoms with van der Waals surface area (Å²) in [6.07, 6.45) is 1.96. The standard InChI is InChI=1S/C15H12ClN3O2S/c1-21-15(20)13-9(8-17)6-12(16)19-14(13)18-10-4-3-5-11(7-10)22-2/h3-7H,1-2H3,(H,18,19). The van der Waals surface area contributed by atoms with Crippen LogP contribution in [0.4, 0.5) is 11.5 Å². The van der Waals surface area contributed by atoms with Crippen LogP contribution >= 0.6 is 23.4 Å². The number of esters is 1. The second kappa shape index (κ2) is 7.16. The van der Waals surface area contributed by atoms with Crippen molar-refractivity contribution in [1.29, 1.82) is 5.26 Å². The second-order valence-corrected chi connectivity index (χ2v) is 5.44. The van der Waals surface area contributed by atoms with Gasteiger partial charge in [-0.05, 0) is 30.5 Å². The fraction of sp³-hybridized carbons (Fsp3) is 0.133. The van der Waals surface area contributed by atoms with Gasteiger partial charge < -0.3 is 10.1 Å². The monoisotopic (exact) mass is 333 g/mol. The third-order valence-corrected chi connectivity index (χ3v) is 3.75. The van der Waals surface area contributed by atoms with E-state index in [4.69, 9.17) is 16.3 Å². The Morgan fingerprint density at radius 3 is 2.86 bits per heavy atom. The number of nitrogens with one attached hydrogen (secondary N) is 1. The van der Waals surface area contributed by atoms with E-state index in [0.717, 1.165) is 10.6 Å². The summed E-state index contributed by atoms with van der Waals surface area (Å²) in [4.78, 5) is 17.1. The van der Waals surface area contributed by atoms with Crippen molar-refractivity contribution >= 4 is 40.8 Å². The minimum absolute atomic E-state index is 0.0592. The lowest BCUT2D eigenvalue weighted by Gasteiger charge is -2.12. The summed E-state index contributed by atoms with van der Waals surface area (Å²) in [5, 5.41) is 12.3. The van der Waals surface area contributed by atoms with Crippen LogP contribution in [-0.4, -0.2) is 24.3 Å². The van der Waals surface area contributed by atoms with Gasteiger partial charge in [0, 0.05) is 10.6 Å². The lowest BCUT2D eigenvalue weighted by atomic mass is 10.1. The first kappa shape index (κ1) is 16.1. The summed E-state index contributed by atoms with van der Waals surface area (Å²) in [7, 11) is 1.25. The zero-order valence-electron chi connectivity index (χ0n) is 11.9. The molecular formula is C15H12ClN3O2S. The molecule has 1 aromatic heterocycles. The number of carbonyl (C=O) groups excluding carboxylic acids is 1. The Hall–Kier alpha value is -2.23. The number of hydrogen-bond donors (Lipinski definition) is 1. The van der Waals surface area contributed by atoms with Gasteiger partial charge in [-0.25, -0.2) is 9.78 Å². The molecular weight excluding hydrogens is 322 g/mol. The van der Waals surface area contributed by atoms with Crippen LogP contribution in [0.5, 0.6) is 0 Å². The quantitative estimate of drug-likeness (QED) is 0.520. The Bertz CT molecular complexity index is 759. The third kappa shape index (κ3) is 3.50. The lowest BCUT2D eigenvalue weighted by molar-refractivity contribution is 0.0601. The molecule has 0 aliphatic rings. The Kier molecular flexibility index (Phi) is 5.26. The Morgan fingerprint density at radius 2 is 2.23 bits per heavy atom. The molecule has 0 saturated heterocycles. The van der Waals surface area contributed by atoms with E-state index in [1.54, 1.807) is 11.8 Å². The van der Waals surface area contributed by atoms with Crippen molar-refractivity contribution in [2.24, 2.45) is 0 Å². The van der Waals surface area contributed by atoms with Gasteiger partial charge in [-0.3, -0.25) is 0 Å². The zero-order chi connectivity index (χ0) is 16.1. The minimum atomic E-state index is -0.649. The number of halogens is 1. The molecule has 0 unspecified atom stereocenters. The number of nitriles is 1. The van der Waals surface area contributed by atoms with Crippen LogP contribution in [0.1, 0.15) is 15.9 Å². The molecule has 7 heteroatoms. The molecule has 0 spiro atoms. The highest BCUT2D eigenvalue weighted by Crippen LogP contribution is 2.27. The molecule has 112 valence electrons. The van der Waals surface area contributed by atoms with Crippen molar-refractivity contribution in [3.05, 3.63) is 46.6 Å². The number of nitrogens with zero attached hydrogens (tertiary/aromatic N) is 2. The van der Waals surface area contributed by atoms with Crippen LogP contribution in [-0.2, 0) is 4.74 Å². The third-order valence-electron chi connectivity index (χ3n) is 2.83. The average molecular weight is 334 g/mol. The number of rotatable bonds is 4. The lowest BCUT2D eigenvalue weighted by Crippen LogP contribution is -2.10. The van der Waals surface area contributed by atoms with Crippen molar-refractivity contribution in [3.63, 3.8) is 0 Å². The van der Waals surface area contributed by atoms with Gasteiger partial charge in [0.15, 0.2) is 0 Å². The van der Waals surface area contributed by atoms with Gasteiger partial charge in [-0.1, -0.05) is 17.7 Å². The molecule has 0 amide bonds. The van der Waals surface area contributed by atoms with E-state index >= 15 is 0 Å². The highest BCUT2D eigenvalue weighted by Gasteiger charge is 2.20. The first-order valence-electron chi connectivity index (χ1n) is 6.19. The normalized spacial score (nSPS) is 9.91. The van der Waals surface area contributed by atoms with Crippen LogP contribution in [0.25, 0.3) is 0 Å². The van der Waals surface area contributed by atoms with Crippen LogP contribution < -0.4 is 5.32 Å². The summed E-state index contributed by atoms with van der Waals surface area (Å²) in [5.41, 5.74) is 0.898. The molecule has 0 radical (unpaired) electrons. The van der Waals surface area contributed by atoms with Gasteiger partial charge in [0.1, 0.15) is 22.6 Å². The maximum Gasteiger partial charge on any atom is 0.343 e. The summed E-state index contributed by atoms with van der Waals surface area (Å²) < 4.78 is 4.72. The Balaban J connectivity index is 2.51. The van der Waals surface area contributed by atoms with Crippen molar-refractivity contribution in [3.8, 4) is 6.07 Å². The van der Waals surface area contributed by atoms with E-state index < -0.39 is 5.97 Å². The number of thioether (sulfide) groups is 1. The molecule has 2 rings (SSSR count). The van der Waals surface area contributed by atoms with E-state index in [-0.39, 0.29) is 22.1 Å². The molecule has 0 saturated carbocycles. The molecule has 1 aromatic carbocycles. The molecule has 0 bridgehead atoms. The summed E-state index contributed by atoms with van der Waals surface area (Å²) in [6, 6.07) is 10.8. The molecule has 5 nitrogen and oxygen atoms in total. The fourth-order valence-electron chi connectivity index (χ4n) is 1.84. The van der Waals surface area contributed by atoms with Gasteiger partial charge in [0.25, 0.3) is 0 Å². The SMILES string of the molecule is COC(=O)c1c(C#N)cc(Cl)nc1Nc1cccc(SC)c1. The van der Waals surface area contributed by atoms with Gasteiger partial charge in [-0.15, -0.1) is 11.8 Å². The smallest absolute Gasteiger partial charge is 0.343 e. The van der Waals surface area contributed by atoms with E-state index in [9.17, 15) is 10.1 Å². The van der Waals surface area contributed by atoms with E-state index in [0.29, 0.717) is 0 Å².